The lowest BCUT2D eigenvalue weighted by Crippen LogP contribution is -1.91. The van der Waals surface area contributed by atoms with E-state index in [0.29, 0.717) is 37.7 Å². The highest BCUT2D eigenvalue weighted by Crippen LogP contribution is 2.34. The lowest BCUT2D eigenvalue weighted by molar-refractivity contribution is 0.355. The first kappa shape index (κ1) is 19.2. The van der Waals surface area contributed by atoms with Crippen LogP contribution < -0.4 is 9.47 Å². The van der Waals surface area contributed by atoms with Gasteiger partial charge in [-0.3, -0.25) is 0 Å². The summed E-state index contributed by atoms with van der Waals surface area (Å²) in [5.74, 6) is 1.26. The topological polar surface area (TPSA) is 55.1 Å². The van der Waals surface area contributed by atoms with Crippen LogP contribution in [0.25, 0.3) is 22.9 Å². The number of nitrogens with zero attached hydrogens (tertiary/aromatic N) is 2. The average molecular weight is 417 g/mol. The monoisotopic (exact) mass is 416 g/mol. The van der Waals surface area contributed by atoms with Crippen molar-refractivity contribution in [3.8, 4) is 28.8 Å². The molecule has 7 heteroatoms. The van der Waals surface area contributed by atoms with Gasteiger partial charge in [-0.05, 0) is 42.0 Å². The van der Waals surface area contributed by atoms with Crippen molar-refractivity contribution in [1.29, 1.82) is 5.26 Å². The highest BCUT2D eigenvalue weighted by molar-refractivity contribution is 7.11. The number of benzene rings is 2. The van der Waals surface area contributed by atoms with E-state index in [9.17, 15) is 5.26 Å². The van der Waals surface area contributed by atoms with Crippen LogP contribution in [0, 0.1) is 11.3 Å². The molecule has 1 heterocycles. The summed E-state index contributed by atoms with van der Waals surface area (Å²) in [5, 5.41) is 13.1. The van der Waals surface area contributed by atoms with Crippen LogP contribution in [0.15, 0.2) is 41.8 Å². The van der Waals surface area contributed by atoms with Crippen LogP contribution in [0.1, 0.15) is 10.6 Å². The Bertz CT molecular complexity index is 1050. The van der Waals surface area contributed by atoms with Gasteiger partial charge in [0.15, 0.2) is 11.5 Å². The van der Waals surface area contributed by atoms with E-state index < -0.39 is 0 Å². The Labute approximate surface area is 171 Å². The first-order valence-corrected chi connectivity index (χ1v) is 9.44. The van der Waals surface area contributed by atoms with Gasteiger partial charge >= 0.3 is 0 Å². The molecule has 0 fully saturated rings. The molecule has 4 nitrogen and oxygen atoms in total. The van der Waals surface area contributed by atoms with E-state index in [2.05, 4.69) is 11.1 Å². The van der Waals surface area contributed by atoms with Gasteiger partial charge in [-0.1, -0.05) is 29.3 Å². The van der Waals surface area contributed by atoms with Crippen LogP contribution in [-0.2, 0) is 0 Å². The van der Waals surface area contributed by atoms with E-state index in [-0.39, 0.29) is 0 Å². The molecule has 0 unspecified atom stereocenters. The zero-order valence-electron chi connectivity index (χ0n) is 14.5. The summed E-state index contributed by atoms with van der Waals surface area (Å²) >= 11 is 13.5. The average Bonchev–Trinajstić information content (AvgIpc) is 3.16. The number of thiazole rings is 1. The van der Waals surface area contributed by atoms with Gasteiger partial charge in [0.2, 0.25) is 0 Å². The number of aromatic nitrogens is 1. The highest BCUT2D eigenvalue weighted by atomic mass is 35.5. The minimum absolute atomic E-state index is 0.427. The second-order valence-electron chi connectivity index (χ2n) is 5.44. The number of methoxy groups -OCH3 is 2. The Kier molecular flexibility index (Phi) is 6.02. The largest absolute Gasteiger partial charge is 0.493 e. The summed E-state index contributed by atoms with van der Waals surface area (Å²) in [6.45, 7) is 0. The Morgan fingerprint density at radius 3 is 2.56 bits per heavy atom. The van der Waals surface area contributed by atoms with Crippen molar-refractivity contribution < 1.29 is 9.47 Å². The maximum Gasteiger partial charge on any atom is 0.161 e. The van der Waals surface area contributed by atoms with Gasteiger partial charge in [0.1, 0.15) is 11.1 Å². The van der Waals surface area contributed by atoms with Crippen molar-refractivity contribution in [2.24, 2.45) is 0 Å². The van der Waals surface area contributed by atoms with Crippen LogP contribution >= 0.6 is 34.5 Å². The molecule has 136 valence electrons. The minimum atomic E-state index is 0.427. The first-order chi connectivity index (χ1) is 13.0. The molecular weight excluding hydrogens is 403 g/mol. The van der Waals surface area contributed by atoms with Crippen molar-refractivity contribution in [2.45, 2.75) is 0 Å². The normalized spacial score (nSPS) is 11.1. The van der Waals surface area contributed by atoms with Crippen LogP contribution in [0.2, 0.25) is 10.0 Å². The zero-order chi connectivity index (χ0) is 19.4. The molecule has 0 spiro atoms. The molecule has 0 aliphatic heterocycles. The van der Waals surface area contributed by atoms with Crippen LogP contribution in [0.5, 0.6) is 11.5 Å². The predicted octanol–water partition coefficient (Wildman–Crippen LogP) is 6.20. The van der Waals surface area contributed by atoms with Crippen molar-refractivity contribution in [2.75, 3.05) is 14.2 Å². The number of rotatable bonds is 5. The lowest BCUT2D eigenvalue weighted by Gasteiger charge is -2.08. The number of allylic oxidation sites excluding steroid dienone is 1. The van der Waals surface area contributed by atoms with Crippen molar-refractivity contribution in [3.63, 3.8) is 0 Å². The SMILES string of the molecule is COc1ccc(-c2csc(/C(C#N)=C/c3ccc(Cl)cc3Cl)n2)cc1OC. The summed E-state index contributed by atoms with van der Waals surface area (Å²) in [7, 11) is 3.17. The molecule has 1 aromatic heterocycles. The van der Waals surface area contributed by atoms with Gasteiger partial charge in [0.25, 0.3) is 0 Å². The Hall–Kier alpha value is -2.52. The van der Waals surface area contributed by atoms with E-state index in [4.69, 9.17) is 32.7 Å². The summed E-state index contributed by atoms with van der Waals surface area (Å²) in [5.41, 5.74) is 2.76. The van der Waals surface area contributed by atoms with Crippen molar-refractivity contribution in [3.05, 3.63) is 62.4 Å². The summed E-state index contributed by atoms with van der Waals surface area (Å²) in [6, 6.07) is 12.9. The molecule has 27 heavy (non-hydrogen) atoms. The lowest BCUT2D eigenvalue weighted by atomic mass is 10.1. The van der Waals surface area contributed by atoms with E-state index in [1.54, 1.807) is 38.5 Å². The molecule has 0 saturated carbocycles. The first-order valence-electron chi connectivity index (χ1n) is 7.81. The number of ether oxygens (including phenoxy) is 2. The van der Waals surface area contributed by atoms with Gasteiger partial charge in [-0.2, -0.15) is 5.26 Å². The van der Waals surface area contributed by atoms with Gasteiger partial charge < -0.3 is 9.47 Å². The maximum atomic E-state index is 9.56. The van der Waals surface area contributed by atoms with Crippen LogP contribution in [0.4, 0.5) is 0 Å². The molecule has 0 aliphatic rings. The zero-order valence-corrected chi connectivity index (χ0v) is 16.8. The molecule has 0 amide bonds. The van der Waals surface area contributed by atoms with Gasteiger partial charge in [-0.15, -0.1) is 11.3 Å². The highest BCUT2D eigenvalue weighted by Gasteiger charge is 2.12. The second-order valence-corrected chi connectivity index (χ2v) is 7.15. The standard InChI is InChI=1S/C20H14Cl2N2O2S/c1-25-18-6-4-13(8-19(18)26-2)17-11-27-20(24-17)14(10-23)7-12-3-5-15(21)9-16(12)22/h3-9,11H,1-2H3/b14-7+. The smallest absolute Gasteiger partial charge is 0.161 e. The fourth-order valence-corrected chi connectivity index (χ4v) is 3.70. The third-order valence-corrected chi connectivity index (χ3v) is 5.23. The fourth-order valence-electron chi connectivity index (χ4n) is 2.44. The second kappa shape index (κ2) is 8.45. The molecule has 0 radical (unpaired) electrons. The Balaban J connectivity index is 1.96. The molecule has 0 saturated heterocycles. The van der Waals surface area contributed by atoms with Gasteiger partial charge in [0.05, 0.1) is 25.5 Å². The van der Waals surface area contributed by atoms with E-state index in [1.165, 1.54) is 11.3 Å². The maximum absolute atomic E-state index is 9.56. The molecule has 0 aliphatic carbocycles. The van der Waals surface area contributed by atoms with Crippen molar-refractivity contribution in [1.82, 2.24) is 4.98 Å². The molecule has 0 N–H and O–H groups in total. The molecular formula is C20H14Cl2N2O2S. The number of halogens is 2. The van der Waals surface area contributed by atoms with Crippen LogP contribution in [-0.4, -0.2) is 19.2 Å². The Morgan fingerprint density at radius 2 is 1.89 bits per heavy atom. The number of nitriles is 1. The number of hydrogen-bond acceptors (Lipinski definition) is 5. The van der Waals surface area contributed by atoms with E-state index >= 15 is 0 Å². The number of hydrogen-bond donors (Lipinski definition) is 0. The third kappa shape index (κ3) is 4.25. The minimum Gasteiger partial charge on any atom is -0.493 e. The van der Waals surface area contributed by atoms with E-state index in [0.717, 1.165) is 11.3 Å². The van der Waals surface area contributed by atoms with Gasteiger partial charge in [0, 0.05) is 21.0 Å². The van der Waals surface area contributed by atoms with Gasteiger partial charge in [-0.25, -0.2) is 4.98 Å². The van der Waals surface area contributed by atoms with E-state index in [1.807, 2.05) is 23.6 Å². The fraction of sp³-hybridized carbons (Fsp3) is 0.100. The quantitative estimate of drug-likeness (QED) is 0.464. The molecule has 0 bridgehead atoms. The molecule has 2 aromatic carbocycles. The summed E-state index contributed by atoms with van der Waals surface area (Å²) in [4.78, 5) is 4.59. The summed E-state index contributed by atoms with van der Waals surface area (Å²) in [6.07, 6.45) is 1.70. The Morgan fingerprint density at radius 1 is 1.11 bits per heavy atom. The third-order valence-electron chi connectivity index (χ3n) is 3.80. The van der Waals surface area contributed by atoms with Crippen LogP contribution in [0.3, 0.4) is 0 Å². The molecule has 0 atom stereocenters. The molecule has 3 aromatic rings. The molecule has 3 rings (SSSR count). The summed E-state index contributed by atoms with van der Waals surface area (Å²) < 4.78 is 10.6. The van der Waals surface area contributed by atoms with Crippen molar-refractivity contribution >= 4 is 46.2 Å². The predicted molar refractivity (Wildman–Crippen MR) is 111 cm³/mol.